The minimum Gasteiger partial charge on any atom is -0.366 e. The summed E-state index contributed by atoms with van der Waals surface area (Å²) >= 11 is 5.91. The predicted octanol–water partition coefficient (Wildman–Crippen LogP) is 5.10. The van der Waals surface area contributed by atoms with Gasteiger partial charge in [-0.3, -0.25) is 0 Å². The zero-order valence-electron chi connectivity index (χ0n) is 13.7. The first-order chi connectivity index (χ1) is 11.6. The van der Waals surface area contributed by atoms with Gasteiger partial charge in [0, 0.05) is 29.0 Å². The van der Waals surface area contributed by atoms with E-state index in [2.05, 4.69) is 51.8 Å². The SMILES string of the molecule is Cc1cccc(CNc2cc(C)nc(Nc3ccc(Cl)cc3)n2)c1. The highest BCUT2D eigenvalue weighted by Crippen LogP contribution is 2.18. The maximum absolute atomic E-state index is 5.91. The molecule has 0 amide bonds. The van der Waals surface area contributed by atoms with Crippen LogP contribution < -0.4 is 10.6 Å². The molecule has 3 rings (SSSR count). The van der Waals surface area contributed by atoms with Crippen molar-refractivity contribution < 1.29 is 0 Å². The van der Waals surface area contributed by atoms with Crippen molar-refractivity contribution in [1.29, 1.82) is 0 Å². The zero-order valence-corrected chi connectivity index (χ0v) is 14.4. The third-order valence-corrected chi connectivity index (χ3v) is 3.76. The molecule has 24 heavy (non-hydrogen) atoms. The lowest BCUT2D eigenvalue weighted by Gasteiger charge is -2.10. The number of hydrogen-bond donors (Lipinski definition) is 2. The minimum atomic E-state index is 0.559. The van der Waals surface area contributed by atoms with E-state index in [1.807, 2.05) is 37.3 Å². The highest BCUT2D eigenvalue weighted by Gasteiger charge is 2.03. The summed E-state index contributed by atoms with van der Waals surface area (Å²) in [5.74, 6) is 1.35. The van der Waals surface area contributed by atoms with Crippen LogP contribution in [0, 0.1) is 13.8 Å². The van der Waals surface area contributed by atoms with Crippen molar-refractivity contribution >= 4 is 29.1 Å². The van der Waals surface area contributed by atoms with Crippen molar-refractivity contribution in [2.45, 2.75) is 20.4 Å². The van der Waals surface area contributed by atoms with Gasteiger partial charge in [-0.2, -0.15) is 4.98 Å². The Balaban J connectivity index is 1.72. The first-order valence-corrected chi connectivity index (χ1v) is 8.14. The molecule has 0 unspecified atom stereocenters. The monoisotopic (exact) mass is 338 g/mol. The number of nitrogens with zero attached hydrogens (tertiary/aromatic N) is 2. The quantitative estimate of drug-likeness (QED) is 0.679. The van der Waals surface area contributed by atoms with Gasteiger partial charge in [0.1, 0.15) is 5.82 Å². The molecule has 4 nitrogen and oxygen atoms in total. The molecule has 0 aliphatic carbocycles. The minimum absolute atomic E-state index is 0.559. The number of aryl methyl sites for hydroxylation is 2. The van der Waals surface area contributed by atoms with Crippen LogP contribution in [0.5, 0.6) is 0 Å². The molecule has 1 aromatic heterocycles. The van der Waals surface area contributed by atoms with Gasteiger partial charge >= 0.3 is 0 Å². The van der Waals surface area contributed by atoms with Gasteiger partial charge in [0.25, 0.3) is 0 Å². The fourth-order valence-electron chi connectivity index (χ4n) is 2.39. The molecule has 0 saturated carbocycles. The Bertz CT molecular complexity index is 831. The summed E-state index contributed by atoms with van der Waals surface area (Å²) in [6.07, 6.45) is 0. The second-order valence-corrected chi connectivity index (χ2v) is 6.13. The molecule has 0 bridgehead atoms. The zero-order chi connectivity index (χ0) is 16.9. The van der Waals surface area contributed by atoms with Gasteiger partial charge in [-0.25, -0.2) is 4.98 Å². The van der Waals surface area contributed by atoms with Gasteiger partial charge in [-0.1, -0.05) is 41.4 Å². The van der Waals surface area contributed by atoms with Crippen molar-refractivity contribution in [2.75, 3.05) is 10.6 Å². The molecule has 0 fully saturated rings. The van der Waals surface area contributed by atoms with Crippen LogP contribution in [-0.4, -0.2) is 9.97 Å². The third-order valence-electron chi connectivity index (χ3n) is 3.51. The number of halogens is 1. The van der Waals surface area contributed by atoms with E-state index in [1.54, 1.807) is 0 Å². The topological polar surface area (TPSA) is 49.8 Å². The van der Waals surface area contributed by atoms with Gasteiger partial charge in [-0.05, 0) is 43.7 Å². The Labute approximate surface area is 146 Å². The summed E-state index contributed by atoms with van der Waals surface area (Å²) in [6.45, 7) is 4.76. The smallest absolute Gasteiger partial charge is 0.229 e. The number of nitrogens with one attached hydrogen (secondary N) is 2. The number of anilines is 3. The molecule has 0 radical (unpaired) electrons. The molecule has 3 aromatic rings. The highest BCUT2D eigenvalue weighted by molar-refractivity contribution is 6.30. The van der Waals surface area contributed by atoms with Gasteiger partial charge in [0.2, 0.25) is 5.95 Å². The van der Waals surface area contributed by atoms with Crippen LogP contribution >= 0.6 is 11.6 Å². The molecule has 122 valence electrons. The van der Waals surface area contributed by atoms with E-state index >= 15 is 0 Å². The predicted molar refractivity (Wildman–Crippen MR) is 100 cm³/mol. The number of aromatic nitrogens is 2. The van der Waals surface area contributed by atoms with Crippen LogP contribution in [0.3, 0.4) is 0 Å². The Kier molecular flexibility index (Phi) is 4.96. The lowest BCUT2D eigenvalue weighted by Crippen LogP contribution is -2.05. The Morgan fingerprint density at radius 3 is 2.50 bits per heavy atom. The van der Waals surface area contributed by atoms with E-state index in [-0.39, 0.29) is 0 Å². The molecule has 0 saturated heterocycles. The van der Waals surface area contributed by atoms with Gasteiger partial charge in [0.15, 0.2) is 0 Å². The van der Waals surface area contributed by atoms with E-state index in [4.69, 9.17) is 11.6 Å². The Morgan fingerprint density at radius 2 is 1.75 bits per heavy atom. The van der Waals surface area contributed by atoms with E-state index in [1.165, 1.54) is 11.1 Å². The fourth-order valence-corrected chi connectivity index (χ4v) is 2.52. The average molecular weight is 339 g/mol. The van der Waals surface area contributed by atoms with Crippen molar-refractivity contribution in [3.05, 3.63) is 76.4 Å². The molecular formula is C19H19ClN4. The first-order valence-electron chi connectivity index (χ1n) is 7.76. The van der Waals surface area contributed by atoms with E-state index < -0.39 is 0 Å². The highest BCUT2D eigenvalue weighted by atomic mass is 35.5. The average Bonchev–Trinajstić information content (AvgIpc) is 2.55. The molecule has 0 atom stereocenters. The maximum atomic E-state index is 5.91. The molecule has 2 aromatic carbocycles. The molecule has 2 N–H and O–H groups in total. The summed E-state index contributed by atoms with van der Waals surface area (Å²) in [7, 11) is 0. The Morgan fingerprint density at radius 1 is 0.958 bits per heavy atom. The van der Waals surface area contributed by atoms with Crippen molar-refractivity contribution in [3.8, 4) is 0 Å². The van der Waals surface area contributed by atoms with Crippen molar-refractivity contribution in [1.82, 2.24) is 9.97 Å². The second-order valence-electron chi connectivity index (χ2n) is 5.69. The largest absolute Gasteiger partial charge is 0.366 e. The second kappa shape index (κ2) is 7.32. The molecule has 0 spiro atoms. The molecule has 5 heteroatoms. The van der Waals surface area contributed by atoms with Gasteiger partial charge in [-0.15, -0.1) is 0 Å². The summed E-state index contributed by atoms with van der Waals surface area (Å²) in [4.78, 5) is 8.95. The van der Waals surface area contributed by atoms with E-state index in [0.29, 0.717) is 11.0 Å². The molecule has 1 heterocycles. The number of rotatable bonds is 5. The summed E-state index contributed by atoms with van der Waals surface area (Å²) in [6, 6.07) is 17.8. The summed E-state index contributed by atoms with van der Waals surface area (Å²) in [5, 5.41) is 7.25. The molecule has 0 aliphatic heterocycles. The Hall–Kier alpha value is -2.59. The summed E-state index contributed by atoms with van der Waals surface area (Å²) < 4.78 is 0. The van der Waals surface area contributed by atoms with Crippen molar-refractivity contribution in [2.24, 2.45) is 0 Å². The summed E-state index contributed by atoms with van der Waals surface area (Å²) in [5.41, 5.74) is 4.26. The van der Waals surface area contributed by atoms with Crippen LogP contribution in [0.25, 0.3) is 0 Å². The van der Waals surface area contributed by atoms with Crippen LogP contribution in [0.4, 0.5) is 17.5 Å². The lowest BCUT2D eigenvalue weighted by molar-refractivity contribution is 1.06. The number of benzene rings is 2. The van der Waals surface area contributed by atoms with Crippen LogP contribution in [0.15, 0.2) is 54.6 Å². The van der Waals surface area contributed by atoms with Crippen LogP contribution in [-0.2, 0) is 6.54 Å². The van der Waals surface area contributed by atoms with E-state index in [0.717, 1.165) is 23.7 Å². The molecular weight excluding hydrogens is 320 g/mol. The standard InChI is InChI=1S/C19H19ClN4/c1-13-4-3-5-15(10-13)12-21-18-11-14(2)22-19(24-18)23-17-8-6-16(20)7-9-17/h3-11H,12H2,1-2H3,(H2,21,22,23,24). The van der Waals surface area contributed by atoms with Gasteiger partial charge < -0.3 is 10.6 Å². The first kappa shape index (κ1) is 16.3. The third kappa shape index (κ3) is 4.46. The maximum Gasteiger partial charge on any atom is 0.229 e. The number of hydrogen-bond acceptors (Lipinski definition) is 4. The molecule has 0 aliphatic rings. The lowest BCUT2D eigenvalue weighted by atomic mass is 10.1. The normalized spacial score (nSPS) is 10.5. The fraction of sp³-hybridized carbons (Fsp3) is 0.158. The van der Waals surface area contributed by atoms with Gasteiger partial charge in [0.05, 0.1) is 0 Å². The van der Waals surface area contributed by atoms with E-state index in [9.17, 15) is 0 Å². The van der Waals surface area contributed by atoms with Crippen molar-refractivity contribution in [3.63, 3.8) is 0 Å². The van der Waals surface area contributed by atoms with Crippen LogP contribution in [0.2, 0.25) is 5.02 Å². The van der Waals surface area contributed by atoms with Crippen LogP contribution in [0.1, 0.15) is 16.8 Å².